The number of non-ortho nitro benzene ring substituents is 1. The normalized spacial score (nSPS) is 9.18. The van der Waals surface area contributed by atoms with Gasteiger partial charge in [0.05, 0.1) is 26.9 Å². The summed E-state index contributed by atoms with van der Waals surface area (Å²) in [5.41, 5.74) is -3.00. The van der Waals surface area contributed by atoms with Crippen molar-refractivity contribution in [3.63, 3.8) is 0 Å². The number of phenolic OH excluding ortho intramolecular Hbond substituents is 1. The average molecular weight is 237 g/mol. The molecule has 0 aromatic heterocycles. The van der Waals surface area contributed by atoms with E-state index in [4.69, 9.17) is 5.11 Å². The number of benzene rings is 1. The number of phenols is 1. The summed E-state index contributed by atoms with van der Waals surface area (Å²) in [7, 11) is 0. The van der Waals surface area contributed by atoms with E-state index in [1.807, 2.05) is 0 Å². The molecule has 0 unspecified atom stereocenters. The third-order valence-corrected chi connectivity index (χ3v) is 1.66. The topological polar surface area (TPSA) is 150 Å². The van der Waals surface area contributed by atoms with Crippen molar-refractivity contribution in [1.82, 2.24) is 0 Å². The van der Waals surface area contributed by atoms with Gasteiger partial charge in [0.2, 0.25) is 0 Å². The Hall–Kier alpha value is -2.18. The van der Waals surface area contributed by atoms with Crippen LogP contribution in [0.3, 0.4) is 0 Å². The van der Waals surface area contributed by atoms with Crippen LogP contribution >= 0.6 is 0 Å². The Labute approximate surface area is 104 Å². The molecule has 17 heavy (non-hydrogen) atoms. The van der Waals surface area contributed by atoms with Gasteiger partial charge in [-0.3, -0.25) is 30.3 Å². The molecular weight excluding hydrogens is 233 g/mol. The Balaban J connectivity index is 0.00000256. The maximum atomic E-state index is 10.4. The van der Waals surface area contributed by atoms with E-state index in [2.05, 4.69) is 0 Å². The molecule has 0 aliphatic heterocycles. The summed E-state index contributed by atoms with van der Waals surface area (Å²) < 4.78 is 0. The van der Waals surface area contributed by atoms with Crippen molar-refractivity contribution in [3.05, 3.63) is 42.5 Å². The van der Waals surface area contributed by atoms with Crippen LogP contribution < -0.4 is 0 Å². The molecule has 0 aliphatic rings. The van der Waals surface area contributed by atoms with E-state index >= 15 is 0 Å². The van der Waals surface area contributed by atoms with Crippen LogP contribution in [0.15, 0.2) is 12.1 Å². The van der Waals surface area contributed by atoms with Gasteiger partial charge in [0.25, 0.3) is 11.4 Å². The molecule has 0 aliphatic carbocycles. The molecule has 11 heteroatoms. The molecule has 0 amide bonds. The summed E-state index contributed by atoms with van der Waals surface area (Å²) in [5.74, 6) is -1.21. The maximum absolute atomic E-state index is 10.4. The molecule has 10 nitrogen and oxygen atoms in total. The second kappa shape index (κ2) is 5.24. The first-order chi connectivity index (χ1) is 7.34. The standard InChI is InChI=1S/C6H3N3O7.Li.H/c10-6-4(8(13)14)1-3(7(11)12)2-5(6)9(15)16;;/h1-2,10H;;. The van der Waals surface area contributed by atoms with Crippen LogP contribution in [0, 0.1) is 30.3 Å². The van der Waals surface area contributed by atoms with Crippen molar-refractivity contribution < 1.29 is 19.9 Å². The fraction of sp³-hybridized carbons (Fsp3) is 0. The zero-order chi connectivity index (χ0) is 12.5. The molecular formula is C6H4LiN3O7. The summed E-state index contributed by atoms with van der Waals surface area (Å²) in [6.07, 6.45) is 0. The van der Waals surface area contributed by atoms with Gasteiger partial charge in [0, 0.05) is 0 Å². The molecule has 1 aromatic rings. The Morgan fingerprint density at radius 1 is 0.882 bits per heavy atom. The van der Waals surface area contributed by atoms with Crippen LogP contribution in [0.2, 0.25) is 0 Å². The van der Waals surface area contributed by atoms with Crippen molar-refractivity contribution >= 4 is 35.9 Å². The molecule has 0 saturated heterocycles. The van der Waals surface area contributed by atoms with Gasteiger partial charge in [0.15, 0.2) is 0 Å². The minimum absolute atomic E-state index is 0. The van der Waals surface area contributed by atoms with Crippen LogP contribution in [0.5, 0.6) is 5.75 Å². The third kappa shape index (κ3) is 2.89. The van der Waals surface area contributed by atoms with Gasteiger partial charge >= 0.3 is 30.2 Å². The van der Waals surface area contributed by atoms with E-state index in [0.29, 0.717) is 12.1 Å². The van der Waals surface area contributed by atoms with Crippen LogP contribution in [0.25, 0.3) is 0 Å². The van der Waals surface area contributed by atoms with Crippen LogP contribution in [-0.4, -0.2) is 38.7 Å². The number of rotatable bonds is 3. The van der Waals surface area contributed by atoms with E-state index < -0.39 is 37.6 Å². The fourth-order valence-electron chi connectivity index (χ4n) is 0.974. The Bertz CT molecular complexity index is 467. The Morgan fingerprint density at radius 3 is 1.47 bits per heavy atom. The first kappa shape index (κ1) is 14.8. The average Bonchev–Trinajstić information content (AvgIpc) is 2.16. The van der Waals surface area contributed by atoms with Gasteiger partial charge in [-0.15, -0.1) is 0 Å². The van der Waals surface area contributed by atoms with E-state index in [1.54, 1.807) is 0 Å². The summed E-state index contributed by atoms with van der Waals surface area (Å²) in [6.45, 7) is 0. The number of nitrogens with zero attached hydrogens (tertiary/aromatic N) is 3. The molecule has 1 N–H and O–H groups in total. The SMILES string of the molecule is O=[N+]([O-])c1cc([N+](=O)[O-])c(O)c([N+](=O)[O-])c1.[LiH]. The predicted octanol–water partition coefficient (Wildman–Crippen LogP) is 0.468. The van der Waals surface area contributed by atoms with E-state index in [1.165, 1.54) is 0 Å². The van der Waals surface area contributed by atoms with Crippen molar-refractivity contribution in [3.8, 4) is 5.75 Å². The molecule has 0 saturated carbocycles. The molecule has 1 aromatic carbocycles. The molecule has 1 rings (SSSR count). The van der Waals surface area contributed by atoms with Gasteiger partial charge in [-0.25, -0.2) is 0 Å². The molecule has 86 valence electrons. The van der Waals surface area contributed by atoms with Gasteiger partial charge in [0.1, 0.15) is 0 Å². The summed E-state index contributed by atoms with van der Waals surface area (Å²) >= 11 is 0. The van der Waals surface area contributed by atoms with Gasteiger partial charge in [-0.05, 0) is 0 Å². The Kier molecular flexibility index (Phi) is 4.57. The summed E-state index contributed by atoms with van der Waals surface area (Å²) in [5, 5.41) is 40.2. The van der Waals surface area contributed by atoms with Crippen LogP contribution in [0.4, 0.5) is 17.1 Å². The molecule has 0 bridgehead atoms. The second-order valence-corrected chi connectivity index (χ2v) is 2.60. The van der Waals surface area contributed by atoms with Crippen LogP contribution in [-0.2, 0) is 0 Å². The first-order valence-electron chi connectivity index (χ1n) is 3.64. The Morgan fingerprint density at radius 2 is 1.24 bits per heavy atom. The molecule has 0 fully saturated rings. The quantitative estimate of drug-likeness (QED) is 0.455. The fourth-order valence-corrected chi connectivity index (χ4v) is 0.974. The second-order valence-electron chi connectivity index (χ2n) is 2.60. The molecule has 0 atom stereocenters. The zero-order valence-corrected chi connectivity index (χ0v) is 7.39. The van der Waals surface area contributed by atoms with Gasteiger partial charge in [-0.2, -0.15) is 0 Å². The molecule has 0 spiro atoms. The number of nitro groups is 3. The summed E-state index contributed by atoms with van der Waals surface area (Å²) in [6, 6.07) is 0.894. The number of hydrogen-bond donors (Lipinski definition) is 1. The van der Waals surface area contributed by atoms with Crippen molar-refractivity contribution in [2.24, 2.45) is 0 Å². The van der Waals surface area contributed by atoms with E-state index in [0.717, 1.165) is 0 Å². The minimum atomic E-state index is -1.21. The van der Waals surface area contributed by atoms with Gasteiger partial charge in [-0.1, -0.05) is 0 Å². The number of aromatic hydroxyl groups is 1. The van der Waals surface area contributed by atoms with E-state index in [9.17, 15) is 30.3 Å². The molecule has 0 radical (unpaired) electrons. The van der Waals surface area contributed by atoms with E-state index in [-0.39, 0.29) is 18.9 Å². The zero-order valence-electron chi connectivity index (χ0n) is 7.39. The monoisotopic (exact) mass is 237 g/mol. The number of hydrogen-bond acceptors (Lipinski definition) is 7. The van der Waals surface area contributed by atoms with Crippen molar-refractivity contribution in [1.29, 1.82) is 0 Å². The van der Waals surface area contributed by atoms with Crippen molar-refractivity contribution in [2.75, 3.05) is 0 Å². The molecule has 0 heterocycles. The van der Waals surface area contributed by atoms with Crippen LogP contribution in [0.1, 0.15) is 0 Å². The number of nitro benzene ring substituents is 3. The third-order valence-electron chi connectivity index (χ3n) is 1.66. The van der Waals surface area contributed by atoms with Crippen molar-refractivity contribution in [2.45, 2.75) is 0 Å². The van der Waals surface area contributed by atoms with Gasteiger partial charge < -0.3 is 5.11 Å². The summed E-state index contributed by atoms with van der Waals surface area (Å²) in [4.78, 5) is 27.8. The predicted molar refractivity (Wildman–Crippen MR) is 55.2 cm³/mol. The first-order valence-corrected chi connectivity index (χ1v) is 3.64.